The van der Waals surface area contributed by atoms with Crippen LogP contribution in [0.25, 0.3) is 0 Å². The summed E-state index contributed by atoms with van der Waals surface area (Å²) in [7, 11) is 2.00. The second kappa shape index (κ2) is 8.16. The van der Waals surface area contributed by atoms with E-state index in [1.54, 1.807) is 0 Å². The molecule has 1 unspecified atom stereocenters. The standard InChI is InChI=1S/C14H22N4O2/c1-18(11-6-3-2-4-7-11)9-5-8-17-14(20)12(15)10-13(16)19/h2-4,6-7,12H,5,8-10,15H2,1H3,(H2,16,19)(H,17,20). The highest BCUT2D eigenvalue weighted by molar-refractivity contribution is 5.87. The predicted octanol–water partition coefficient (Wildman–Crippen LogP) is -0.168. The number of carbonyl (C=O) groups is 2. The average Bonchev–Trinajstić information content (AvgIpc) is 2.43. The highest BCUT2D eigenvalue weighted by Gasteiger charge is 2.15. The molecule has 5 N–H and O–H groups in total. The van der Waals surface area contributed by atoms with Crippen LogP contribution in [-0.4, -0.2) is 38.0 Å². The number of hydrogen-bond acceptors (Lipinski definition) is 4. The van der Waals surface area contributed by atoms with E-state index in [2.05, 4.69) is 10.2 Å². The monoisotopic (exact) mass is 278 g/mol. The lowest BCUT2D eigenvalue weighted by molar-refractivity contribution is -0.126. The predicted molar refractivity (Wildman–Crippen MR) is 79.1 cm³/mol. The number of hydrogen-bond donors (Lipinski definition) is 3. The molecule has 0 aliphatic carbocycles. The highest BCUT2D eigenvalue weighted by Crippen LogP contribution is 2.10. The zero-order valence-electron chi connectivity index (χ0n) is 11.7. The number of nitrogens with zero attached hydrogens (tertiary/aromatic N) is 1. The van der Waals surface area contributed by atoms with Crippen LogP contribution in [0.4, 0.5) is 5.69 Å². The first-order valence-electron chi connectivity index (χ1n) is 6.58. The van der Waals surface area contributed by atoms with Crippen LogP contribution < -0.4 is 21.7 Å². The number of nitrogens with one attached hydrogen (secondary N) is 1. The van der Waals surface area contributed by atoms with Gasteiger partial charge in [0, 0.05) is 25.8 Å². The molecule has 6 nitrogen and oxygen atoms in total. The molecule has 1 rings (SSSR count). The van der Waals surface area contributed by atoms with Crippen LogP contribution in [-0.2, 0) is 9.59 Å². The van der Waals surface area contributed by atoms with Gasteiger partial charge in [-0.2, -0.15) is 0 Å². The van der Waals surface area contributed by atoms with Crippen molar-refractivity contribution >= 4 is 17.5 Å². The van der Waals surface area contributed by atoms with Gasteiger partial charge in [0.2, 0.25) is 11.8 Å². The van der Waals surface area contributed by atoms with Gasteiger partial charge in [0.25, 0.3) is 0 Å². The fourth-order valence-electron chi connectivity index (χ4n) is 1.78. The maximum absolute atomic E-state index is 11.5. The molecule has 0 heterocycles. The first kappa shape index (κ1) is 16.0. The SMILES string of the molecule is CN(CCCNC(=O)C(N)CC(N)=O)c1ccccc1. The third-order valence-electron chi connectivity index (χ3n) is 2.92. The molecule has 0 aromatic heterocycles. The summed E-state index contributed by atoms with van der Waals surface area (Å²) in [6.07, 6.45) is 0.663. The van der Waals surface area contributed by atoms with Crippen molar-refractivity contribution in [2.45, 2.75) is 18.9 Å². The smallest absolute Gasteiger partial charge is 0.237 e. The number of para-hydroxylation sites is 1. The summed E-state index contributed by atoms with van der Waals surface area (Å²) in [6, 6.07) is 9.13. The highest BCUT2D eigenvalue weighted by atomic mass is 16.2. The summed E-state index contributed by atoms with van der Waals surface area (Å²) in [5, 5.41) is 2.70. The first-order chi connectivity index (χ1) is 9.50. The van der Waals surface area contributed by atoms with Gasteiger partial charge in [0.15, 0.2) is 0 Å². The van der Waals surface area contributed by atoms with Gasteiger partial charge < -0.3 is 21.7 Å². The second-order valence-electron chi connectivity index (χ2n) is 4.68. The van der Waals surface area contributed by atoms with E-state index in [0.29, 0.717) is 6.54 Å². The Hall–Kier alpha value is -2.08. The van der Waals surface area contributed by atoms with E-state index in [0.717, 1.165) is 18.7 Å². The average molecular weight is 278 g/mol. The summed E-state index contributed by atoms with van der Waals surface area (Å²) in [5.41, 5.74) is 11.6. The molecule has 6 heteroatoms. The summed E-state index contributed by atoms with van der Waals surface area (Å²) >= 11 is 0. The van der Waals surface area contributed by atoms with Gasteiger partial charge in [-0.25, -0.2) is 0 Å². The molecule has 0 fully saturated rings. The molecule has 0 saturated carbocycles. The van der Waals surface area contributed by atoms with E-state index in [4.69, 9.17) is 11.5 Å². The third-order valence-corrected chi connectivity index (χ3v) is 2.92. The van der Waals surface area contributed by atoms with Crippen LogP contribution >= 0.6 is 0 Å². The van der Waals surface area contributed by atoms with Gasteiger partial charge in [-0.1, -0.05) is 18.2 Å². The van der Waals surface area contributed by atoms with Crippen molar-refractivity contribution in [2.75, 3.05) is 25.0 Å². The zero-order valence-corrected chi connectivity index (χ0v) is 11.7. The van der Waals surface area contributed by atoms with Crippen LogP contribution in [0.2, 0.25) is 0 Å². The second-order valence-corrected chi connectivity index (χ2v) is 4.68. The van der Waals surface area contributed by atoms with E-state index in [9.17, 15) is 9.59 Å². The molecule has 1 atom stereocenters. The Morgan fingerprint density at radius 1 is 1.30 bits per heavy atom. The van der Waals surface area contributed by atoms with Crippen LogP contribution in [0.1, 0.15) is 12.8 Å². The van der Waals surface area contributed by atoms with Crippen molar-refractivity contribution in [3.05, 3.63) is 30.3 Å². The number of benzene rings is 1. The maximum atomic E-state index is 11.5. The van der Waals surface area contributed by atoms with Gasteiger partial charge in [-0.3, -0.25) is 9.59 Å². The number of nitrogens with two attached hydrogens (primary N) is 2. The number of carbonyl (C=O) groups excluding carboxylic acids is 2. The lowest BCUT2D eigenvalue weighted by atomic mass is 10.2. The minimum atomic E-state index is -0.862. The molecular weight excluding hydrogens is 256 g/mol. The lowest BCUT2D eigenvalue weighted by Crippen LogP contribution is -2.43. The van der Waals surface area contributed by atoms with Crippen LogP contribution in [0.5, 0.6) is 0 Å². The topological polar surface area (TPSA) is 101 Å². The molecule has 0 spiro atoms. The van der Waals surface area contributed by atoms with E-state index in [1.807, 2.05) is 37.4 Å². The van der Waals surface area contributed by atoms with Crippen LogP contribution in [0.3, 0.4) is 0 Å². The number of amides is 2. The number of rotatable bonds is 8. The molecule has 2 amide bonds. The third kappa shape index (κ3) is 5.71. The normalized spacial score (nSPS) is 11.7. The Morgan fingerprint density at radius 3 is 2.55 bits per heavy atom. The van der Waals surface area contributed by atoms with Gasteiger partial charge in [-0.05, 0) is 18.6 Å². The van der Waals surface area contributed by atoms with Crippen molar-refractivity contribution in [2.24, 2.45) is 11.5 Å². The Bertz CT molecular complexity index is 436. The van der Waals surface area contributed by atoms with Crippen molar-refractivity contribution in [1.82, 2.24) is 5.32 Å². The number of anilines is 1. The molecule has 0 radical (unpaired) electrons. The Kier molecular flexibility index (Phi) is 6.52. The molecule has 0 aliphatic heterocycles. The van der Waals surface area contributed by atoms with E-state index < -0.39 is 11.9 Å². The van der Waals surface area contributed by atoms with E-state index >= 15 is 0 Å². The molecule has 110 valence electrons. The minimum Gasteiger partial charge on any atom is -0.375 e. The summed E-state index contributed by atoms with van der Waals surface area (Å²) in [6.45, 7) is 1.33. The van der Waals surface area contributed by atoms with E-state index in [-0.39, 0.29) is 12.3 Å². The maximum Gasteiger partial charge on any atom is 0.237 e. The summed E-state index contributed by atoms with van der Waals surface area (Å²) in [5.74, 6) is -0.914. The minimum absolute atomic E-state index is 0.129. The summed E-state index contributed by atoms with van der Waals surface area (Å²) in [4.78, 5) is 24.3. The molecular formula is C14H22N4O2. The van der Waals surface area contributed by atoms with E-state index in [1.165, 1.54) is 0 Å². The van der Waals surface area contributed by atoms with Crippen molar-refractivity contribution in [3.8, 4) is 0 Å². The quantitative estimate of drug-likeness (QED) is 0.575. The van der Waals surface area contributed by atoms with Gasteiger partial charge in [0.1, 0.15) is 0 Å². The molecule has 0 saturated heterocycles. The van der Waals surface area contributed by atoms with Crippen molar-refractivity contribution < 1.29 is 9.59 Å². The lowest BCUT2D eigenvalue weighted by Gasteiger charge is -2.19. The van der Waals surface area contributed by atoms with Gasteiger partial charge >= 0.3 is 0 Å². The largest absolute Gasteiger partial charge is 0.375 e. The zero-order chi connectivity index (χ0) is 15.0. The van der Waals surface area contributed by atoms with Gasteiger partial charge in [0.05, 0.1) is 12.5 Å². The van der Waals surface area contributed by atoms with Crippen molar-refractivity contribution in [1.29, 1.82) is 0 Å². The fourth-order valence-corrected chi connectivity index (χ4v) is 1.78. The Labute approximate surface area is 119 Å². The Balaban J connectivity index is 2.21. The Morgan fingerprint density at radius 2 is 1.95 bits per heavy atom. The molecule has 0 aliphatic rings. The fraction of sp³-hybridized carbons (Fsp3) is 0.429. The first-order valence-corrected chi connectivity index (χ1v) is 6.58. The number of primary amides is 1. The van der Waals surface area contributed by atoms with Crippen LogP contribution in [0.15, 0.2) is 30.3 Å². The van der Waals surface area contributed by atoms with Crippen LogP contribution in [0, 0.1) is 0 Å². The molecule has 1 aromatic rings. The molecule has 0 bridgehead atoms. The van der Waals surface area contributed by atoms with Crippen molar-refractivity contribution in [3.63, 3.8) is 0 Å². The molecule has 20 heavy (non-hydrogen) atoms. The van der Waals surface area contributed by atoms with Gasteiger partial charge in [-0.15, -0.1) is 0 Å². The summed E-state index contributed by atoms with van der Waals surface area (Å²) < 4.78 is 0. The molecule has 1 aromatic carbocycles.